The van der Waals surface area contributed by atoms with Gasteiger partial charge in [-0.25, -0.2) is 31.8 Å². The number of benzene rings is 6. The van der Waals surface area contributed by atoms with E-state index >= 15 is 0 Å². The molecule has 0 spiro atoms. The first kappa shape index (κ1) is 78.7. The van der Waals surface area contributed by atoms with E-state index in [1.54, 1.807) is 24.3 Å². The van der Waals surface area contributed by atoms with Crippen LogP contribution in [0.1, 0.15) is 173 Å². The highest BCUT2D eigenvalue weighted by Gasteiger charge is 2.39. The standard InChI is InChI=1S/2C25H26FN5O3.2C17H20FN5O/c26-16-6-8-21-19(12-16)18(10-11-28-21)24(32)31-22-9-7-17(13-20(22)23(27)30-31)29-25(33)34-14-15-4-2-1-3-5-15;26-16-6-8-21-19(12-16)18(10-11-28-21)24(32)31-23(27)20-13-17(7-9-22(20)30-31)29-25(33)34-14-15-4-2-1-3-5-15;2*18-9-1-3-14-12(7-9)11(5-6-21-14)17(24)23-16(20)13-8-10(19)2-4-15(13)22-23/h1-6,8,12,17-18,28H,7,9-11,13-14H2,(H2,27,30)(H,29,33);1-6,8,12,17-18,28H,7,9-11,13-14,27H2,(H,29,33);2*1,3,7,10-11,21H,2,4-6,8,19-20H2/t2*17-,18?;10-,11+;10-,11-/m1111/s1. The number of hydrogen-bond acceptors (Lipinski definition) is 22. The minimum absolute atomic E-state index is 0.0567. The third-order valence-corrected chi connectivity index (χ3v) is 22.9. The third-order valence-electron chi connectivity index (χ3n) is 22.9. The van der Waals surface area contributed by atoms with Crippen molar-refractivity contribution in [1.82, 2.24) is 49.8 Å². The van der Waals surface area contributed by atoms with Crippen molar-refractivity contribution in [1.29, 1.82) is 0 Å². The minimum Gasteiger partial charge on any atom is -0.445 e. The number of rotatable bonds is 10. The maximum Gasteiger partial charge on any atom is 0.407 e. The minimum atomic E-state index is -0.530. The SMILES string of the molecule is Nc1c2c(nn1C(=O)C1CCNc3ccc(F)cc31)CC[C@@H](NC(=O)OCc1ccccc1)C2.Nc1c2c(nn1C(=O)[C@@H]1CCNc3ccc(F)cc31)CC[C@@H](N)C2.Nc1c2c(nn1C(=O)[C@H]1CCNc3ccc(F)cc31)CC[C@@H](N)C2.Nc1nn(C(=O)C2CCNc3ccc(F)cc32)c2c1C[C@H](NC(=O)OCc1ccccc1)CC2. The molecule has 4 aromatic heterocycles. The predicted octanol–water partition coefficient (Wildman–Crippen LogP) is 10.6. The molecule has 604 valence electrons. The first-order valence-corrected chi connectivity index (χ1v) is 39.3. The molecule has 32 heteroatoms. The average Bonchev–Trinajstić information content (AvgIpc) is 1.76. The summed E-state index contributed by atoms with van der Waals surface area (Å²) in [6, 6.07) is 36.5. The number of aromatic nitrogens is 8. The van der Waals surface area contributed by atoms with Gasteiger partial charge in [0.1, 0.15) is 59.8 Å². The van der Waals surface area contributed by atoms with Crippen molar-refractivity contribution >= 4 is 81.8 Å². The van der Waals surface area contributed by atoms with E-state index < -0.39 is 35.9 Å². The van der Waals surface area contributed by atoms with E-state index in [0.717, 1.165) is 105 Å². The second-order valence-electron chi connectivity index (χ2n) is 30.5. The molecule has 28 nitrogen and oxygen atoms in total. The zero-order chi connectivity index (χ0) is 81.0. The number of nitrogens with two attached hydrogens (primary N) is 6. The van der Waals surface area contributed by atoms with Crippen LogP contribution in [0.2, 0.25) is 0 Å². The fourth-order valence-corrected chi connectivity index (χ4v) is 16.8. The predicted molar refractivity (Wildman–Crippen MR) is 429 cm³/mol. The number of fused-ring (bicyclic) bond motifs is 8. The molecule has 8 heterocycles. The summed E-state index contributed by atoms with van der Waals surface area (Å²) in [5.74, 6) is -2.99. The fourth-order valence-electron chi connectivity index (χ4n) is 16.8. The average molecular weight is 1590 g/mol. The monoisotopic (exact) mass is 1580 g/mol. The molecule has 2 unspecified atom stereocenters. The number of amides is 2. The lowest BCUT2D eigenvalue weighted by molar-refractivity contribution is 0.0845. The molecule has 0 fully saturated rings. The van der Waals surface area contributed by atoms with E-state index in [0.29, 0.717) is 137 Å². The molecule has 4 aliphatic heterocycles. The Kier molecular flexibility index (Phi) is 23.2. The molecule has 4 aliphatic carbocycles. The number of nitrogens with one attached hydrogen (secondary N) is 6. The Morgan fingerprint density at radius 1 is 0.388 bits per heavy atom. The highest BCUT2D eigenvalue weighted by Crippen LogP contribution is 2.41. The van der Waals surface area contributed by atoms with Crippen LogP contribution in [0.3, 0.4) is 0 Å². The lowest BCUT2D eigenvalue weighted by Gasteiger charge is -2.27. The van der Waals surface area contributed by atoms with Crippen LogP contribution in [0.15, 0.2) is 133 Å². The van der Waals surface area contributed by atoms with Gasteiger partial charge in [-0.15, -0.1) is 5.10 Å². The highest BCUT2D eigenvalue weighted by atomic mass is 19.1. The van der Waals surface area contributed by atoms with Crippen LogP contribution in [0.4, 0.5) is 73.2 Å². The molecule has 116 heavy (non-hydrogen) atoms. The molecule has 0 radical (unpaired) electrons. The molecular weight excluding hydrogens is 1490 g/mol. The van der Waals surface area contributed by atoms with Crippen molar-refractivity contribution in [2.75, 3.05) is 70.4 Å². The Balaban J connectivity index is 0.000000123. The maximum absolute atomic E-state index is 13.9. The molecule has 10 aromatic rings. The summed E-state index contributed by atoms with van der Waals surface area (Å²) in [7, 11) is 0. The second-order valence-corrected chi connectivity index (χ2v) is 30.5. The Hall–Kier alpha value is -12.6. The number of anilines is 8. The Bertz CT molecular complexity index is 5180. The molecule has 2 amide bonds. The van der Waals surface area contributed by atoms with Gasteiger partial charge in [-0.2, -0.15) is 29.3 Å². The van der Waals surface area contributed by atoms with Gasteiger partial charge in [-0.05, 0) is 209 Å². The lowest BCUT2D eigenvalue weighted by Crippen LogP contribution is -2.39. The molecule has 0 saturated heterocycles. The summed E-state index contributed by atoms with van der Waals surface area (Å²) >= 11 is 0. The van der Waals surface area contributed by atoms with Crippen LogP contribution in [-0.2, 0) is 74.1 Å². The summed E-state index contributed by atoms with van der Waals surface area (Å²) in [4.78, 5) is 77.4. The van der Waals surface area contributed by atoms with Crippen LogP contribution in [0.25, 0.3) is 0 Å². The zero-order valence-electron chi connectivity index (χ0n) is 63.7. The summed E-state index contributed by atoms with van der Waals surface area (Å²) in [5.41, 5.74) is 50.9. The van der Waals surface area contributed by atoms with Crippen LogP contribution in [-0.4, -0.2) is 125 Å². The molecule has 8 atom stereocenters. The van der Waals surface area contributed by atoms with Crippen LogP contribution >= 0.6 is 0 Å². The second kappa shape index (κ2) is 34.2. The van der Waals surface area contributed by atoms with Gasteiger partial charge in [0, 0.05) is 95.3 Å². The summed E-state index contributed by atoms with van der Waals surface area (Å²) in [6.45, 7) is 2.91. The molecule has 8 aliphatic rings. The van der Waals surface area contributed by atoms with Crippen LogP contribution in [0.5, 0.6) is 0 Å². The van der Waals surface area contributed by atoms with E-state index in [4.69, 9.17) is 43.9 Å². The topological polar surface area (TPSA) is 420 Å². The van der Waals surface area contributed by atoms with Gasteiger partial charge in [0.2, 0.25) is 0 Å². The van der Waals surface area contributed by atoms with Crippen molar-refractivity contribution in [3.63, 3.8) is 0 Å². The number of carbonyl (C=O) groups excluding carboxylic acids is 6. The first-order valence-electron chi connectivity index (χ1n) is 39.3. The molecular formula is C84H92F4N20O8. The quantitative estimate of drug-likeness (QED) is 0.0566. The van der Waals surface area contributed by atoms with Crippen molar-refractivity contribution in [2.45, 2.75) is 164 Å². The number of ether oxygens (including phenoxy) is 2. The fraction of sp³-hybridized carbons (Fsp3) is 0.357. The molecule has 0 saturated carbocycles. The highest BCUT2D eigenvalue weighted by molar-refractivity contribution is 5.93. The Morgan fingerprint density at radius 2 is 0.707 bits per heavy atom. The van der Waals surface area contributed by atoms with Crippen LogP contribution in [0, 0.1) is 23.3 Å². The smallest absolute Gasteiger partial charge is 0.407 e. The third kappa shape index (κ3) is 17.0. The van der Waals surface area contributed by atoms with Gasteiger partial charge in [-0.3, -0.25) is 19.2 Å². The largest absolute Gasteiger partial charge is 0.445 e. The van der Waals surface area contributed by atoms with E-state index in [1.165, 1.54) is 67.3 Å². The van der Waals surface area contributed by atoms with Gasteiger partial charge in [0.15, 0.2) is 0 Å². The van der Waals surface area contributed by atoms with Crippen molar-refractivity contribution in [3.8, 4) is 0 Å². The van der Waals surface area contributed by atoms with Gasteiger partial charge in [-0.1, -0.05) is 60.7 Å². The van der Waals surface area contributed by atoms with Gasteiger partial charge < -0.3 is 75.8 Å². The number of nitrogens with zero attached hydrogens (tertiary/aromatic N) is 8. The summed E-state index contributed by atoms with van der Waals surface area (Å²) < 4.78 is 70.9. The van der Waals surface area contributed by atoms with Gasteiger partial charge in [0.25, 0.3) is 23.6 Å². The molecule has 0 bridgehead atoms. The van der Waals surface area contributed by atoms with E-state index in [1.807, 2.05) is 60.7 Å². The number of alkyl carbamates (subject to hydrolysis) is 2. The number of carbonyl (C=O) groups is 6. The number of aryl methyl sites for hydroxylation is 3. The first-order chi connectivity index (χ1) is 56.1. The summed E-state index contributed by atoms with van der Waals surface area (Å²) in [5, 5.41) is 36.3. The van der Waals surface area contributed by atoms with E-state index in [-0.39, 0.29) is 95.9 Å². The van der Waals surface area contributed by atoms with Gasteiger partial charge in [0.05, 0.1) is 46.4 Å². The number of halogens is 4. The van der Waals surface area contributed by atoms with E-state index in [9.17, 15) is 46.3 Å². The van der Waals surface area contributed by atoms with Crippen molar-refractivity contribution < 1.29 is 55.8 Å². The molecule has 6 aromatic carbocycles. The summed E-state index contributed by atoms with van der Waals surface area (Å²) in [6.07, 6.45) is 9.04. The normalized spacial score (nSPS) is 20.3. The Labute approximate surface area is 665 Å². The molecule has 18 rings (SSSR count). The zero-order valence-corrected chi connectivity index (χ0v) is 63.7. The number of nitrogen functional groups attached to an aromatic ring is 4. The Morgan fingerprint density at radius 3 is 1.07 bits per heavy atom. The maximum atomic E-state index is 13.9. The number of hydrogen-bond donors (Lipinski definition) is 12. The van der Waals surface area contributed by atoms with Crippen LogP contribution < -0.4 is 66.3 Å². The van der Waals surface area contributed by atoms with Crippen molar-refractivity contribution in [3.05, 3.63) is 235 Å². The van der Waals surface area contributed by atoms with Gasteiger partial charge >= 0.3 is 12.2 Å². The lowest BCUT2D eigenvalue weighted by atomic mass is 9.89. The van der Waals surface area contributed by atoms with E-state index in [2.05, 4.69) is 52.3 Å². The molecule has 18 N–H and O–H groups in total. The van der Waals surface area contributed by atoms with Crippen molar-refractivity contribution in [2.24, 2.45) is 11.5 Å².